The molecule has 6 nitrogen and oxygen atoms in total. The molecule has 1 N–H and O–H groups in total. The number of benzene rings is 1. The summed E-state index contributed by atoms with van der Waals surface area (Å²) in [5, 5.41) is 8.87. The minimum absolute atomic E-state index is 0.128. The second kappa shape index (κ2) is 7.35. The first-order valence-corrected chi connectivity index (χ1v) is 9.07. The lowest BCUT2D eigenvalue weighted by Crippen LogP contribution is -2.15. The number of ether oxygens (including phenoxy) is 1. The van der Waals surface area contributed by atoms with E-state index in [1.807, 2.05) is 17.5 Å². The van der Waals surface area contributed by atoms with E-state index in [0.29, 0.717) is 16.8 Å². The maximum atomic E-state index is 13.0. The highest BCUT2D eigenvalue weighted by Gasteiger charge is 2.21. The first-order valence-electron chi connectivity index (χ1n) is 8.19. The number of amides is 1. The summed E-state index contributed by atoms with van der Waals surface area (Å²) < 4.78 is 35.0. The molecule has 0 fully saturated rings. The summed E-state index contributed by atoms with van der Waals surface area (Å²) in [7, 11) is 0. The number of thiophene rings is 1. The number of carbonyl (C=O) groups excluding carboxylic acids is 1. The Morgan fingerprint density at radius 1 is 1.25 bits per heavy atom. The molecular formula is C19H13F2N3O3S. The summed E-state index contributed by atoms with van der Waals surface area (Å²) in [5.41, 5.74) is 1.69. The van der Waals surface area contributed by atoms with Crippen molar-refractivity contribution in [2.45, 2.75) is 13.5 Å². The zero-order chi connectivity index (χ0) is 19.7. The molecule has 3 aromatic heterocycles. The molecule has 0 unspecified atom stereocenters. The molecule has 142 valence electrons. The molecule has 0 bridgehead atoms. The fraction of sp³-hybridized carbons (Fsp3) is 0.105. The van der Waals surface area contributed by atoms with Crippen molar-refractivity contribution in [3.8, 4) is 16.3 Å². The van der Waals surface area contributed by atoms with Gasteiger partial charge < -0.3 is 14.6 Å². The normalized spacial score (nSPS) is 11.1. The first kappa shape index (κ1) is 18.1. The third kappa shape index (κ3) is 3.44. The van der Waals surface area contributed by atoms with Crippen molar-refractivity contribution in [1.29, 1.82) is 0 Å². The van der Waals surface area contributed by atoms with E-state index in [0.717, 1.165) is 4.88 Å². The van der Waals surface area contributed by atoms with Crippen molar-refractivity contribution in [1.82, 2.24) is 10.1 Å². The Kier molecular flexibility index (Phi) is 4.74. The van der Waals surface area contributed by atoms with Gasteiger partial charge in [0.2, 0.25) is 0 Å². The number of carbonyl (C=O) groups is 1. The minimum atomic E-state index is -3.00. The SMILES string of the molecule is Cc1noc2nc(-c3cccs3)cc(C(=O)Nc3ccccc3OC(F)F)c12. The number of nitrogens with one attached hydrogen (secondary N) is 1. The van der Waals surface area contributed by atoms with Gasteiger partial charge in [0.1, 0.15) is 5.75 Å². The predicted octanol–water partition coefficient (Wildman–Crippen LogP) is 5.11. The number of nitrogens with zero attached hydrogens (tertiary/aromatic N) is 2. The molecule has 0 atom stereocenters. The molecule has 0 aliphatic rings. The number of halogens is 2. The van der Waals surface area contributed by atoms with E-state index in [1.54, 1.807) is 19.1 Å². The number of aryl methyl sites for hydroxylation is 1. The second-order valence-electron chi connectivity index (χ2n) is 5.81. The summed E-state index contributed by atoms with van der Waals surface area (Å²) >= 11 is 1.47. The van der Waals surface area contributed by atoms with Crippen LogP contribution in [0.4, 0.5) is 14.5 Å². The van der Waals surface area contributed by atoms with Crippen LogP contribution < -0.4 is 10.1 Å². The fourth-order valence-electron chi connectivity index (χ4n) is 2.78. The van der Waals surface area contributed by atoms with Gasteiger partial charge in [0.25, 0.3) is 11.6 Å². The Morgan fingerprint density at radius 3 is 2.82 bits per heavy atom. The number of pyridine rings is 1. The van der Waals surface area contributed by atoms with Crippen LogP contribution in [0.2, 0.25) is 0 Å². The topological polar surface area (TPSA) is 77.2 Å². The van der Waals surface area contributed by atoms with Gasteiger partial charge in [-0.3, -0.25) is 4.79 Å². The highest BCUT2D eigenvalue weighted by Crippen LogP contribution is 2.31. The van der Waals surface area contributed by atoms with Crippen molar-refractivity contribution in [2.75, 3.05) is 5.32 Å². The lowest BCUT2D eigenvalue weighted by molar-refractivity contribution is -0.0493. The average molecular weight is 401 g/mol. The number of anilines is 1. The van der Waals surface area contributed by atoms with Gasteiger partial charge in [0.15, 0.2) is 0 Å². The Bertz CT molecular complexity index is 1140. The Balaban J connectivity index is 1.76. The van der Waals surface area contributed by atoms with Gasteiger partial charge in [-0.1, -0.05) is 23.4 Å². The molecule has 9 heteroatoms. The molecular weight excluding hydrogens is 388 g/mol. The van der Waals surface area contributed by atoms with Gasteiger partial charge in [0, 0.05) is 0 Å². The molecule has 28 heavy (non-hydrogen) atoms. The number of aromatic nitrogens is 2. The highest BCUT2D eigenvalue weighted by molar-refractivity contribution is 7.13. The zero-order valence-electron chi connectivity index (χ0n) is 14.5. The minimum Gasteiger partial charge on any atom is -0.433 e. The van der Waals surface area contributed by atoms with E-state index < -0.39 is 12.5 Å². The van der Waals surface area contributed by atoms with Crippen LogP contribution in [0.5, 0.6) is 5.75 Å². The molecule has 0 radical (unpaired) electrons. The lowest BCUT2D eigenvalue weighted by atomic mass is 10.1. The van der Waals surface area contributed by atoms with Crippen LogP contribution in [0.25, 0.3) is 21.7 Å². The van der Waals surface area contributed by atoms with Crippen LogP contribution in [0.1, 0.15) is 16.1 Å². The van der Waals surface area contributed by atoms with Gasteiger partial charge in [-0.05, 0) is 36.6 Å². The van der Waals surface area contributed by atoms with E-state index in [9.17, 15) is 13.6 Å². The molecule has 0 aliphatic heterocycles. The third-order valence-corrected chi connectivity index (χ3v) is 4.88. The number of rotatable bonds is 5. The summed E-state index contributed by atoms with van der Waals surface area (Å²) in [5.74, 6) is -0.640. The standard InChI is InChI=1S/C19H13F2N3O3S/c1-10-16-11(9-13(15-7-4-8-28-15)23-18(16)27-24-10)17(25)22-12-5-2-3-6-14(12)26-19(20)21/h2-9,19H,1H3,(H,22,25). The van der Waals surface area contributed by atoms with Gasteiger partial charge >= 0.3 is 6.61 Å². The summed E-state index contributed by atoms with van der Waals surface area (Å²) in [6.07, 6.45) is 0. The predicted molar refractivity (Wildman–Crippen MR) is 101 cm³/mol. The van der Waals surface area contributed by atoms with Crippen LogP contribution in [0, 0.1) is 6.92 Å². The molecule has 4 rings (SSSR count). The average Bonchev–Trinajstić information content (AvgIpc) is 3.32. The fourth-order valence-corrected chi connectivity index (χ4v) is 3.47. The van der Waals surface area contributed by atoms with Gasteiger partial charge in [0.05, 0.1) is 32.9 Å². The van der Waals surface area contributed by atoms with E-state index in [-0.39, 0.29) is 22.7 Å². The second-order valence-corrected chi connectivity index (χ2v) is 6.76. The number of para-hydroxylation sites is 2. The summed E-state index contributed by atoms with van der Waals surface area (Å²) in [6, 6.07) is 11.4. The Labute approximate surface area is 161 Å². The molecule has 0 saturated carbocycles. The van der Waals surface area contributed by atoms with Crippen molar-refractivity contribution < 1.29 is 22.8 Å². The molecule has 4 aromatic rings. The molecule has 1 aromatic carbocycles. The van der Waals surface area contributed by atoms with Crippen LogP contribution in [0.3, 0.4) is 0 Å². The summed E-state index contributed by atoms with van der Waals surface area (Å²) in [4.78, 5) is 18.3. The number of alkyl halides is 2. The molecule has 0 saturated heterocycles. The molecule has 0 aliphatic carbocycles. The maximum Gasteiger partial charge on any atom is 0.387 e. The number of fused-ring (bicyclic) bond motifs is 1. The van der Waals surface area contributed by atoms with Gasteiger partial charge in [-0.2, -0.15) is 8.78 Å². The Morgan fingerprint density at radius 2 is 2.07 bits per heavy atom. The largest absolute Gasteiger partial charge is 0.433 e. The van der Waals surface area contributed by atoms with E-state index in [4.69, 9.17) is 4.52 Å². The molecule has 0 spiro atoms. The third-order valence-electron chi connectivity index (χ3n) is 3.99. The number of hydrogen-bond donors (Lipinski definition) is 1. The van der Waals surface area contributed by atoms with Crippen LogP contribution in [-0.2, 0) is 0 Å². The van der Waals surface area contributed by atoms with E-state index >= 15 is 0 Å². The Hall–Kier alpha value is -3.33. The lowest BCUT2D eigenvalue weighted by Gasteiger charge is -2.12. The van der Waals surface area contributed by atoms with Crippen molar-refractivity contribution in [3.63, 3.8) is 0 Å². The quantitative estimate of drug-likeness (QED) is 0.503. The smallest absolute Gasteiger partial charge is 0.387 e. The van der Waals surface area contributed by atoms with Crippen molar-refractivity contribution >= 4 is 34.0 Å². The van der Waals surface area contributed by atoms with Gasteiger partial charge in [-0.25, -0.2) is 4.98 Å². The van der Waals surface area contributed by atoms with Crippen LogP contribution in [0.15, 0.2) is 52.4 Å². The molecule has 3 heterocycles. The summed E-state index contributed by atoms with van der Waals surface area (Å²) in [6.45, 7) is -1.31. The highest BCUT2D eigenvalue weighted by atomic mass is 32.1. The van der Waals surface area contributed by atoms with Crippen molar-refractivity contribution in [2.24, 2.45) is 0 Å². The van der Waals surface area contributed by atoms with Crippen molar-refractivity contribution in [3.05, 3.63) is 59.1 Å². The van der Waals surface area contributed by atoms with Crippen LogP contribution >= 0.6 is 11.3 Å². The maximum absolute atomic E-state index is 13.0. The van der Waals surface area contributed by atoms with E-state index in [2.05, 4.69) is 20.2 Å². The first-order chi connectivity index (χ1) is 13.5. The zero-order valence-corrected chi connectivity index (χ0v) is 15.3. The monoisotopic (exact) mass is 401 g/mol. The van der Waals surface area contributed by atoms with Crippen LogP contribution in [-0.4, -0.2) is 22.7 Å². The van der Waals surface area contributed by atoms with Gasteiger partial charge in [-0.15, -0.1) is 11.3 Å². The van der Waals surface area contributed by atoms with E-state index in [1.165, 1.54) is 29.5 Å². The number of hydrogen-bond acceptors (Lipinski definition) is 6. The molecule has 1 amide bonds.